The Kier molecular flexibility index (Phi) is 10.2. The number of amides is 1. The minimum atomic E-state index is -0.381. The molecule has 0 saturated heterocycles. The Morgan fingerprint density at radius 3 is 2.52 bits per heavy atom. The molecule has 0 bridgehead atoms. The fraction of sp³-hybridized carbons (Fsp3) is 0.667. The van der Waals surface area contributed by atoms with Gasteiger partial charge in [-0.3, -0.25) is 4.99 Å². The van der Waals surface area contributed by atoms with Crippen LogP contribution in [0.5, 0.6) is 0 Å². The number of nitrogens with zero attached hydrogens (tertiary/aromatic N) is 2. The Bertz CT molecular complexity index is 500. The number of carbonyl (C=O) groups excluding carboxylic acids is 1. The van der Waals surface area contributed by atoms with Crippen LogP contribution in [0.4, 0.5) is 4.79 Å². The first-order valence-electron chi connectivity index (χ1n) is 9.11. The van der Waals surface area contributed by atoms with Crippen LogP contribution >= 0.6 is 0 Å². The molecule has 1 amide bonds. The van der Waals surface area contributed by atoms with Crippen molar-refractivity contribution in [2.45, 2.75) is 46.7 Å². The van der Waals surface area contributed by atoms with E-state index in [1.165, 1.54) is 0 Å². The van der Waals surface area contributed by atoms with Gasteiger partial charge in [0.05, 0.1) is 19.2 Å². The van der Waals surface area contributed by atoms with Gasteiger partial charge in [0.2, 0.25) is 0 Å². The predicted molar refractivity (Wildman–Crippen MR) is 102 cm³/mol. The molecule has 7 nitrogen and oxygen atoms in total. The summed E-state index contributed by atoms with van der Waals surface area (Å²) in [5.74, 6) is 1.22. The standard InChI is InChI=1S/C18H33N5O2/c1-5-19-17(20-9-12-23-10-7-8-11-23)21-14-16(13-15(3)4)22-18(24)25-6-2/h7-8,10-11,15-16H,5-6,9,12-14H2,1-4H3,(H,22,24)(H2,19,20,21). The van der Waals surface area contributed by atoms with Crippen molar-refractivity contribution in [1.82, 2.24) is 20.5 Å². The summed E-state index contributed by atoms with van der Waals surface area (Å²) >= 11 is 0. The lowest BCUT2D eigenvalue weighted by Gasteiger charge is -2.19. The lowest BCUT2D eigenvalue weighted by atomic mass is 10.0. The van der Waals surface area contributed by atoms with Crippen molar-refractivity contribution in [3.05, 3.63) is 24.5 Å². The van der Waals surface area contributed by atoms with Gasteiger partial charge in [-0.1, -0.05) is 13.8 Å². The highest BCUT2D eigenvalue weighted by molar-refractivity contribution is 5.79. The van der Waals surface area contributed by atoms with Crippen LogP contribution in [0, 0.1) is 5.92 Å². The molecule has 0 aliphatic carbocycles. The summed E-state index contributed by atoms with van der Waals surface area (Å²) in [7, 11) is 0. The molecular formula is C18H33N5O2. The van der Waals surface area contributed by atoms with Crippen molar-refractivity contribution in [2.24, 2.45) is 10.9 Å². The van der Waals surface area contributed by atoms with Gasteiger partial charge in [-0.05, 0) is 38.3 Å². The van der Waals surface area contributed by atoms with Crippen molar-refractivity contribution >= 4 is 12.1 Å². The average molecular weight is 351 g/mol. The molecule has 0 radical (unpaired) electrons. The van der Waals surface area contributed by atoms with Crippen molar-refractivity contribution in [2.75, 3.05) is 26.2 Å². The number of nitrogens with one attached hydrogen (secondary N) is 3. The predicted octanol–water partition coefficient (Wildman–Crippen LogP) is 2.20. The first-order valence-corrected chi connectivity index (χ1v) is 9.11. The number of hydrogen-bond acceptors (Lipinski definition) is 3. The highest BCUT2D eigenvalue weighted by atomic mass is 16.5. The first-order chi connectivity index (χ1) is 12.0. The number of guanidine groups is 1. The molecule has 0 aromatic carbocycles. The van der Waals surface area contributed by atoms with E-state index < -0.39 is 0 Å². The van der Waals surface area contributed by atoms with Crippen molar-refractivity contribution in [3.8, 4) is 0 Å². The number of alkyl carbamates (subject to hydrolysis) is 1. The fourth-order valence-electron chi connectivity index (χ4n) is 2.45. The van der Waals surface area contributed by atoms with Gasteiger partial charge in [0, 0.05) is 32.0 Å². The molecule has 0 saturated carbocycles. The maximum atomic E-state index is 11.7. The van der Waals surface area contributed by atoms with E-state index in [1.54, 1.807) is 6.92 Å². The Morgan fingerprint density at radius 2 is 1.92 bits per heavy atom. The summed E-state index contributed by atoms with van der Waals surface area (Å²) in [5, 5.41) is 9.45. The topological polar surface area (TPSA) is 79.7 Å². The zero-order valence-corrected chi connectivity index (χ0v) is 15.9. The van der Waals surface area contributed by atoms with Crippen molar-refractivity contribution < 1.29 is 9.53 Å². The smallest absolute Gasteiger partial charge is 0.407 e. The number of aromatic nitrogens is 1. The Balaban J connectivity index is 2.54. The van der Waals surface area contributed by atoms with Gasteiger partial charge in [0.25, 0.3) is 0 Å². The van der Waals surface area contributed by atoms with Crippen LogP contribution in [0.3, 0.4) is 0 Å². The molecule has 25 heavy (non-hydrogen) atoms. The molecule has 1 aromatic rings. The average Bonchev–Trinajstić information content (AvgIpc) is 3.05. The second kappa shape index (κ2) is 12.2. The van der Waals surface area contributed by atoms with Crippen molar-refractivity contribution in [1.29, 1.82) is 0 Å². The minimum absolute atomic E-state index is 0.0426. The molecule has 3 N–H and O–H groups in total. The molecule has 0 aliphatic rings. The van der Waals surface area contributed by atoms with Gasteiger partial charge < -0.3 is 25.3 Å². The van der Waals surface area contributed by atoms with Crippen LogP contribution in [0.15, 0.2) is 29.5 Å². The van der Waals surface area contributed by atoms with Crippen LogP contribution in [0.2, 0.25) is 0 Å². The third-order valence-corrected chi connectivity index (χ3v) is 3.50. The van der Waals surface area contributed by atoms with Crippen LogP contribution in [-0.4, -0.2) is 48.9 Å². The van der Waals surface area contributed by atoms with Crippen LogP contribution in [-0.2, 0) is 11.3 Å². The van der Waals surface area contributed by atoms with Gasteiger partial charge in [-0.15, -0.1) is 0 Å². The fourth-order valence-corrected chi connectivity index (χ4v) is 2.45. The molecule has 1 atom stereocenters. The minimum Gasteiger partial charge on any atom is -0.450 e. The normalized spacial score (nSPS) is 12.8. The number of hydrogen-bond donors (Lipinski definition) is 3. The van der Waals surface area contributed by atoms with E-state index in [4.69, 9.17) is 4.74 Å². The van der Waals surface area contributed by atoms with E-state index in [0.717, 1.165) is 32.0 Å². The van der Waals surface area contributed by atoms with Gasteiger partial charge >= 0.3 is 6.09 Å². The number of aliphatic imine (C=N–C) groups is 1. The van der Waals surface area contributed by atoms with Gasteiger partial charge in [-0.25, -0.2) is 4.79 Å². The largest absolute Gasteiger partial charge is 0.450 e. The summed E-state index contributed by atoms with van der Waals surface area (Å²) in [4.78, 5) is 16.3. The monoisotopic (exact) mass is 351 g/mol. The molecule has 142 valence electrons. The van der Waals surface area contributed by atoms with Gasteiger partial charge in [0.1, 0.15) is 0 Å². The number of rotatable bonds is 10. The number of carbonyl (C=O) groups is 1. The van der Waals surface area contributed by atoms with E-state index in [0.29, 0.717) is 19.1 Å². The lowest BCUT2D eigenvalue weighted by molar-refractivity contribution is 0.147. The SMILES string of the molecule is CCNC(=NCC(CC(C)C)NC(=O)OCC)NCCn1cccc1. The summed E-state index contributed by atoms with van der Waals surface area (Å²) in [6.07, 6.45) is 4.54. The molecule has 0 aliphatic heterocycles. The second-order valence-corrected chi connectivity index (χ2v) is 6.26. The Morgan fingerprint density at radius 1 is 1.20 bits per heavy atom. The molecule has 1 rings (SSSR count). The molecule has 7 heteroatoms. The van der Waals surface area contributed by atoms with Gasteiger partial charge in [0.15, 0.2) is 5.96 Å². The summed E-state index contributed by atoms with van der Waals surface area (Å²) < 4.78 is 7.09. The second-order valence-electron chi connectivity index (χ2n) is 6.26. The highest BCUT2D eigenvalue weighted by Gasteiger charge is 2.14. The summed E-state index contributed by atoms with van der Waals surface area (Å²) in [5.41, 5.74) is 0. The summed E-state index contributed by atoms with van der Waals surface area (Å²) in [6, 6.07) is 3.98. The molecule has 1 aromatic heterocycles. The zero-order chi connectivity index (χ0) is 18.5. The lowest BCUT2D eigenvalue weighted by Crippen LogP contribution is -2.42. The number of ether oxygens (including phenoxy) is 1. The van der Waals surface area contributed by atoms with E-state index in [2.05, 4.69) is 39.4 Å². The molecule has 1 heterocycles. The van der Waals surface area contributed by atoms with E-state index in [1.807, 2.05) is 31.5 Å². The van der Waals surface area contributed by atoms with Crippen LogP contribution in [0.1, 0.15) is 34.1 Å². The maximum absolute atomic E-state index is 11.7. The van der Waals surface area contributed by atoms with Crippen molar-refractivity contribution in [3.63, 3.8) is 0 Å². The maximum Gasteiger partial charge on any atom is 0.407 e. The van der Waals surface area contributed by atoms with Gasteiger partial charge in [-0.2, -0.15) is 0 Å². The first kappa shape index (κ1) is 20.9. The summed E-state index contributed by atoms with van der Waals surface area (Å²) in [6.45, 7) is 11.4. The molecule has 0 fully saturated rings. The van der Waals surface area contributed by atoms with E-state index in [9.17, 15) is 4.79 Å². The third-order valence-electron chi connectivity index (χ3n) is 3.50. The molecule has 0 spiro atoms. The van der Waals surface area contributed by atoms with Crippen LogP contribution in [0.25, 0.3) is 0 Å². The Hall–Kier alpha value is -2.18. The third kappa shape index (κ3) is 9.64. The Labute approximate surface area is 151 Å². The molecular weight excluding hydrogens is 318 g/mol. The quantitative estimate of drug-likeness (QED) is 0.446. The van der Waals surface area contributed by atoms with E-state index >= 15 is 0 Å². The highest BCUT2D eigenvalue weighted by Crippen LogP contribution is 2.05. The molecule has 1 unspecified atom stereocenters. The zero-order valence-electron chi connectivity index (χ0n) is 15.9. The van der Waals surface area contributed by atoms with Crippen LogP contribution < -0.4 is 16.0 Å². The van der Waals surface area contributed by atoms with E-state index in [-0.39, 0.29) is 12.1 Å².